The van der Waals surface area contributed by atoms with Crippen molar-refractivity contribution in [2.75, 3.05) is 13.2 Å². The standard InChI is InChI=1S/C22H20N2O4/c1-14-4-2-3-5-18(14)15-10-16-13-24(8-9-28-21(16)20(26)11-15)22(27)19-7-6-17(25)12-23-19/h2-7,10-12,25-26H,8-9,13H2,1H3. The van der Waals surface area contributed by atoms with Crippen molar-refractivity contribution in [2.24, 2.45) is 0 Å². The fourth-order valence-corrected chi connectivity index (χ4v) is 3.40. The van der Waals surface area contributed by atoms with Gasteiger partial charge in [-0.05, 0) is 47.9 Å². The first-order valence-electron chi connectivity index (χ1n) is 9.02. The second-order valence-corrected chi connectivity index (χ2v) is 6.78. The molecule has 0 fully saturated rings. The minimum atomic E-state index is -0.253. The van der Waals surface area contributed by atoms with Crippen molar-refractivity contribution >= 4 is 5.91 Å². The lowest BCUT2D eigenvalue weighted by atomic mass is 9.98. The van der Waals surface area contributed by atoms with Crippen LogP contribution in [0.5, 0.6) is 17.2 Å². The van der Waals surface area contributed by atoms with Crippen LogP contribution in [0, 0.1) is 6.92 Å². The Bertz CT molecular complexity index is 1030. The maximum absolute atomic E-state index is 12.8. The van der Waals surface area contributed by atoms with E-state index in [1.54, 1.807) is 11.0 Å². The highest BCUT2D eigenvalue weighted by molar-refractivity contribution is 5.92. The molecular weight excluding hydrogens is 356 g/mol. The maximum atomic E-state index is 12.8. The number of aromatic hydroxyl groups is 2. The van der Waals surface area contributed by atoms with Gasteiger partial charge in [0.05, 0.1) is 12.7 Å². The van der Waals surface area contributed by atoms with E-state index in [1.165, 1.54) is 18.3 Å². The van der Waals surface area contributed by atoms with E-state index in [0.717, 1.165) is 22.3 Å². The molecule has 0 bridgehead atoms. The van der Waals surface area contributed by atoms with Gasteiger partial charge in [-0.2, -0.15) is 0 Å². The van der Waals surface area contributed by atoms with Gasteiger partial charge in [-0.15, -0.1) is 0 Å². The molecule has 6 nitrogen and oxygen atoms in total. The number of aromatic nitrogens is 1. The van der Waals surface area contributed by atoms with Crippen LogP contribution in [0.2, 0.25) is 0 Å². The van der Waals surface area contributed by atoms with Gasteiger partial charge in [0.2, 0.25) is 0 Å². The van der Waals surface area contributed by atoms with E-state index < -0.39 is 0 Å². The lowest BCUT2D eigenvalue weighted by Gasteiger charge is -2.19. The first-order chi connectivity index (χ1) is 13.5. The van der Waals surface area contributed by atoms with Gasteiger partial charge < -0.3 is 19.8 Å². The molecule has 0 atom stereocenters. The Labute approximate surface area is 162 Å². The van der Waals surface area contributed by atoms with Crippen LogP contribution < -0.4 is 4.74 Å². The van der Waals surface area contributed by atoms with Gasteiger partial charge in [0.25, 0.3) is 5.91 Å². The Hall–Kier alpha value is -3.54. The number of ether oxygens (including phenoxy) is 1. The Kier molecular flexibility index (Phi) is 4.61. The molecule has 2 heterocycles. The number of rotatable bonds is 2. The van der Waals surface area contributed by atoms with Crippen molar-refractivity contribution in [2.45, 2.75) is 13.5 Å². The summed E-state index contributed by atoms with van der Waals surface area (Å²) in [6.45, 7) is 2.95. The zero-order valence-electron chi connectivity index (χ0n) is 15.4. The monoisotopic (exact) mass is 376 g/mol. The topological polar surface area (TPSA) is 82.9 Å². The fraction of sp³-hybridized carbons (Fsp3) is 0.182. The van der Waals surface area contributed by atoms with E-state index in [-0.39, 0.29) is 29.7 Å². The maximum Gasteiger partial charge on any atom is 0.272 e. The van der Waals surface area contributed by atoms with Gasteiger partial charge in [-0.25, -0.2) is 4.98 Å². The number of phenols is 1. The number of pyridine rings is 1. The first kappa shape index (κ1) is 17.9. The zero-order valence-corrected chi connectivity index (χ0v) is 15.4. The van der Waals surface area contributed by atoms with E-state index in [9.17, 15) is 15.0 Å². The fourth-order valence-electron chi connectivity index (χ4n) is 3.40. The summed E-state index contributed by atoms with van der Waals surface area (Å²) in [6.07, 6.45) is 1.25. The van der Waals surface area contributed by atoms with Gasteiger partial charge in [-0.1, -0.05) is 24.3 Å². The number of benzene rings is 2. The van der Waals surface area contributed by atoms with Crippen LogP contribution in [0.15, 0.2) is 54.7 Å². The minimum Gasteiger partial charge on any atom is -0.506 e. The Morgan fingerprint density at radius 3 is 2.71 bits per heavy atom. The average molecular weight is 376 g/mol. The molecule has 142 valence electrons. The van der Waals surface area contributed by atoms with Gasteiger partial charge in [0.1, 0.15) is 18.1 Å². The molecule has 0 spiro atoms. The summed E-state index contributed by atoms with van der Waals surface area (Å²) in [7, 11) is 0. The van der Waals surface area contributed by atoms with Crippen molar-refractivity contribution in [1.29, 1.82) is 0 Å². The van der Waals surface area contributed by atoms with Crippen LogP contribution in [-0.2, 0) is 6.54 Å². The average Bonchev–Trinajstić information content (AvgIpc) is 2.91. The molecule has 28 heavy (non-hydrogen) atoms. The molecule has 0 aliphatic carbocycles. The number of phenolic OH excluding ortho intramolecular Hbond substituents is 1. The largest absolute Gasteiger partial charge is 0.506 e. The second kappa shape index (κ2) is 7.23. The van der Waals surface area contributed by atoms with Gasteiger partial charge >= 0.3 is 0 Å². The summed E-state index contributed by atoms with van der Waals surface area (Å²) in [6, 6.07) is 14.5. The Morgan fingerprint density at radius 2 is 1.96 bits per heavy atom. The van der Waals surface area contributed by atoms with Crippen molar-refractivity contribution in [3.8, 4) is 28.4 Å². The Morgan fingerprint density at radius 1 is 1.14 bits per heavy atom. The van der Waals surface area contributed by atoms with Gasteiger partial charge in [-0.3, -0.25) is 4.79 Å². The van der Waals surface area contributed by atoms with Crippen molar-refractivity contribution < 1.29 is 19.7 Å². The molecule has 1 aliphatic heterocycles. The van der Waals surface area contributed by atoms with Crippen molar-refractivity contribution in [3.63, 3.8) is 0 Å². The molecule has 0 saturated carbocycles. The third-order valence-corrected chi connectivity index (χ3v) is 4.83. The van der Waals surface area contributed by atoms with E-state index in [0.29, 0.717) is 18.8 Å². The van der Waals surface area contributed by atoms with Crippen LogP contribution in [0.25, 0.3) is 11.1 Å². The predicted molar refractivity (Wildman–Crippen MR) is 104 cm³/mol. The van der Waals surface area contributed by atoms with Crippen LogP contribution in [0.3, 0.4) is 0 Å². The van der Waals surface area contributed by atoms with E-state index >= 15 is 0 Å². The van der Waals surface area contributed by atoms with Crippen molar-refractivity contribution in [3.05, 3.63) is 71.5 Å². The summed E-state index contributed by atoms with van der Waals surface area (Å²) in [5.74, 6) is 0.227. The number of carbonyl (C=O) groups is 1. The zero-order chi connectivity index (χ0) is 19.7. The van der Waals surface area contributed by atoms with E-state index in [1.807, 2.05) is 37.3 Å². The highest BCUT2D eigenvalue weighted by Crippen LogP contribution is 2.38. The van der Waals surface area contributed by atoms with E-state index in [2.05, 4.69) is 4.98 Å². The summed E-state index contributed by atoms with van der Waals surface area (Å²) in [5.41, 5.74) is 3.97. The lowest BCUT2D eigenvalue weighted by Crippen LogP contribution is -2.33. The number of amides is 1. The number of hydrogen-bond acceptors (Lipinski definition) is 5. The van der Waals surface area contributed by atoms with E-state index in [4.69, 9.17) is 4.74 Å². The summed E-state index contributed by atoms with van der Waals surface area (Å²) < 4.78 is 5.73. The SMILES string of the molecule is Cc1ccccc1-c1cc(O)c2c(c1)CN(C(=O)c1ccc(O)cn1)CCO2. The molecule has 4 rings (SSSR count). The smallest absolute Gasteiger partial charge is 0.272 e. The van der Waals surface area contributed by atoms with Crippen LogP contribution in [0.4, 0.5) is 0 Å². The summed E-state index contributed by atoms with van der Waals surface area (Å²) in [4.78, 5) is 18.5. The van der Waals surface area contributed by atoms with Crippen LogP contribution in [0.1, 0.15) is 21.6 Å². The third kappa shape index (κ3) is 3.36. The number of aryl methyl sites for hydroxylation is 1. The third-order valence-electron chi connectivity index (χ3n) is 4.83. The predicted octanol–water partition coefficient (Wildman–Crippen LogP) is 3.50. The summed E-state index contributed by atoms with van der Waals surface area (Å²) >= 11 is 0. The quantitative estimate of drug-likeness (QED) is 0.715. The Balaban J connectivity index is 1.69. The van der Waals surface area contributed by atoms with Crippen LogP contribution in [-0.4, -0.2) is 39.2 Å². The van der Waals surface area contributed by atoms with Gasteiger partial charge in [0, 0.05) is 12.1 Å². The number of fused-ring (bicyclic) bond motifs is 1. The first-order valence-corrected chi connectivity index (χ1v) is 9.02. The highest BCUT2D eigenvalue weighted by Gasteiger charge is 2.24. The molecule has 2 aromatic carbocycles. The molecule has 0 saturated heterocycles. The van der Waals surface area contributed by atoms with Crippen molar-refractivity contribution in [1.82, 2.24) is 9.88 Å². The number of carbonyl (C=O) groups excluding carboxylic acids is 1. The molecule has 0 radical (unpaired) electrons. The van der Waals surface area contributed by atoms with Crippen LogP contribution >= 0.6 is 0 Å². The molecule has 2 N–H and O–H groups in total. The molecule has 0 unspecified atom stereocenters. The number of hydrogen-bond donors (Lipinski definition) is 2. The molecular formula is C22H20N2O4. The molecule has 1 aliphatic rings. The second-order valence-electron chi connectivity index (χ2n) is 6.78. The summed E-state index contributed by atoms with van der Waals surface area (Å²) in [5, 5.41) is 19.9. The molecule has 6 heteroatoms. The molecule has 1 amide bonds. The normalized spacial score (nSPS) is 13.4. The molecule has 1 aromatic heterocycles. The highest BCUT2D eigenvalue weighted by atomic mass is 16.5. The minimum absolute atomic E-state index is 0.00823. The number of nitrogens with zero attached hydrogens (tertiary/aromatic N) is 2. The molecule has 3 aromatic rings. The lowest BCUT2D eigenvalue weighted by molar-refractivity contribution is 0.0727. The van der Waals surface area contributed by atoms with Gasteiger partial charge in [0.15, 0.2) is 11.5 Å².